The van der Waals surface area contributed by atoms with Crippen LogP contribution in [0, 0.1) is 6.92 Å². The van der Waals surface area contributed by atoms with E-state index in [-0.39, 0.29) is 5.91 Å². The molecule has 0 saturated carbocycles. The number of hydrogen-bond acceptors (Lipinski definition) is 2. The normalized spacial score (nSPS) is 15.5. The van der Waals surface area contributed by atoms with Crippen LogP contribution in [0.1, 0.15) is 21.6 Å². The zero-order valence-electron chi connectivity index (χ0n) is 14.8. The Kier molecular flexibility index (Phi) is 4.70. The first kappa shape index (κ1) is 17.1. The van der Waals surface area contributed by atoms with Gasteiger partial charge in [0.1, 0.15) is 5.69 Å². The number of carbonyl (C=O) groups excluding carboxylic acids is 1. The molecule has 1 N–H and O–H groups in total. The van der Waals surface area contributed by atoms with Gasteiger partial charge in [-0.05, 0) is 42.8 Å². The lowest BCUT2D eigenvalue weighted by atomic mass is 10.2. The summed E-state index contributed by atoms with van der Waals surface area (Å²) < 4.78 is 0. The Labute approximate surface area is 158 Å². The molecule has 0 atom stereocenters. The minimum atomic E-state index is 0.0880. The van der Waals surface area contributed by atoms with E-state index in [0.717, 1.165) is 48.6 Å². The Morgan fingerprint density at radius 3 is 2.50 bits per heavy atom. The third kappa shape index (κ3) is 3.62. The van der Waals surface area contributed by atoms with E-state index in [0.29, 0.717) is 5.69 Å². The molecule has 0 aliphatic carbocycles. The molecule has 134 valence electrons. The Morgan fingerprint density at radius 2 is 1.77 bits per heavy atom. The fourth-order valence-electron chi connectivity index (χ4n) is 3.49. The number of nitrogens with zero attached hydrogens (tertiary/aromatic N) is 2. The van der Waals surface area contributed by atoms with Crippen LogP contribution in [-0.2, 0) is 6.54 Å². The number of rotatable bonds is 3. The van der Waals surface area contributed by atoms with Gasteiger partial charge in [0.25, 0.3) is 5.91 Å². The molecule has 1 amide bonds. The van der Waals surface area contributed by atoms with E-state index in [9.17, 15) is 4.79 Å². The second-order valence-electron chi connectivity index (χ2n) is 6.97. The first-order valence-corrected chi connectivity index (χ1v) is 9.32. The van der Waals surface area contributed by atoms with E-state index in [1.807, 2.05) is 29.2 Å². The molecular weight excluding hydrogens is 346 g/mol. The van der Waals surface area contributed by atoms with Gasteiger partial charge in [-0.2, -0.15) is 0 Å². The van der Waals surface area contributed by atoms with Gasteiger partial charge in [0.05, 0.1) is 0 Å². The van der Waals surface area contributed by atoms with Gasteiger partial charge in [0.2, 0.25) is 0 Å². The highest BCUT2D eigenvalue weighted by atomic mass is 35.5. The summed E-state index contributed by atoms with van der Waals surface area (Å²) in [5.74, 6) is 0.0880. The molecular formula is C21H22ClN3O. The summed E-state index contributed by atoms with van der Waals surface area (Å²) in [7, 11) is 0. The quantitative estimate of drug-likeness (QED) is 0.757. The van der Waals surface area contributed by atoms with Gasteiger partial charge in [0.15, 0.2) is 0 Å². The van der Waals surface area contributed by atoms with Crippen molar-refractivity contribution in [2.24, 2.45) is 0 Å². The van der Waals surface area contributed by atoms with Crippen molar-refractivity contribution in [2.75, 3.05) is 26.2 Å². The van der Waals surface area contributed by atoms with Gasteiger partial charge >= 0.3 is 0 Å². The molecule has 4 rings (SSSR count). The van der Waals surface area contributed by atoms with Gasteiger partial charge in [0, 0.05) is 48.6 Å². The Morgan fingerprint density at radius 1 is 1.04 bits per heavy atom. The molecule has 1 aromatic heterocycles. The number of aromatic amines is 1. The van der Waals surface area contributed by atoms with Crippen LogP contribution in [0.3, 0.4) is 0 Å². The van der Waals surface area contributed by atoms with E-state index < -0.39 is 0 Å². The minimum absolute atomic E-state index is 0.0880. The number of aromatic nitrogens is 1. The number of nitrogens with one attached hydrogen (secondary N) is 1. The van der Waals surface area contributed by atoms with Crippen molar-refractivity contribution in [1.82, 2.24) is 14.8 Å². The molecule has 5 heteroatoms. The van der Waals surface area contributed by atoms with Crippen LogP contribution in [-0.4, -0.2) is 46.9 Å². The standard InChI is InChI=1S/C21H22ClN3O/c1-15-2-7-19-17(12-15)13-20(23-19)21(26)25-10-8-24(9-11-25)14-16-3-5-18(22)6-4-16/h2-7,12-13,23H,8-11,14H2,1H3. The number of fused-ring (bicyclic) bond motifs is 1. The third-order valence-corrected chi connectivity index (χ3v) is 5.24. The lowest BCUT2D eigenvalue weighted by Gasteiger charge is -2.34. The van der Waals surface area contributed by atoms with E-state index in [1.54, 1.807) is 0 Å². The van der Waals surface area contributed by atoms with Crippen LogP contribution in [0.2, 0.25) is 5.02 Å². The summed E-state index contributed by atoms with van der Waals surface area (Å²) in [4.78, 5) is 20.4. The highest BCUT2D eigenvalue weighted by molar-refractivity contribution is 6.30. The Balaban J connectivity index is 1.38. The summed E-state index contributed by atoms with van der Waals surface area (Å²) in [6, 6.07) is 16.1. The topological polar surface area (TPSA) is 39.3 Å². The van der Waals surface area contributed by atoms with E-state index in [4.69, 9.17) is 11.6 Å². The number of amides is 1. The molecule has 26 heavy (non-hydrogen) atoms. The van der Waals surface area contributed by atoms with Crippen molar-refractivity contribution in [2.45, 2.75) is 13.5 Å². The Hall–Kier alpha value is -2.30. The molecule has 2 heterocycles. The molecule has 0 spiro atoms. The number of halogens is 1. The van der Waals surface area contributed by atoms with Crippen molar-refractivity contribution < 1.29 is 4.79 Å². The third-order valence-electron chi connectivity index (χ3n) is 4.99. The molecule has 1 aliphatic heterocycles. The molecule has 1 saturated heterocycles. The van der Waals surface area contributed by atoms with Crippen LogP contribution >= 0.6 is 11.6 Å². The number of piperazine rings is 1. The molecule has 1 fully saturated rings. The zero-order valence-corrected chi connectivity index (χ0v) is 15.6. The van der Waals surface area contributed by atoms with Crippen molar-refractivity contribution in [3.63, 3.8) is 0 Å². The number of aryl methyl sites for hydroxylation is 1. The smallest absolute Gasteiger partial charge is 0.270 e. The second-order valence-corrected chi connectivity index (χ2v) is 7.40. The molecule has 2 aromatic carbocycles. The molecule has 4 nitrogen and oxygen atoms in total. The molecule has 0 bridgehead atoms. The van der Waals surface area contributed by atoms with Crippen molar-refractivity contribution in [3.8, 4) is 0 Å². The summed E-state index contributed by atoms with van der Waals surface area (Å²) in [5, 5.41) is 1.85. The molecule has 0 radical (unpaired) electrons. The van der Waals surface area contributed by atoms with Crippen LogP contribution in [0.15, 0.2) is 48.5 Å². The largest absolute Gasteiger partial charge is 0.351 e. The number of carbonyl (C=O) groups is 1. The molecule has 0 unspecified atom stereocenters. The first-order valence-electron chi connectivity index (χ1n) is 8.94. The van der Waals surface area contributed by atoms with E-state index in [1.165, 1.54) is 11.1 Å². The summed E-state index contributed by atoms with van der Waals surface area (Å²) in [6.07, 6.45) is 0. The fourth-order valence-corrected chi connectivity index (χ4v) is 3.62. The van der Waals surface area contributed by atoms with E-state index >= 15 is 0 Å². The first-order chi connectivity index (χ1) is 12.6. The fraction of sp³-hybridized carbons (Fsp3) is 0.286. The maximum Gasteiger partial charge on any atom is 0.270 e. The second kappa shape index (κ2) is 7.14. The number of benzene rings is 2. The van der Waals surface area contributed by atoms with Gasteiger partial charge < -0.3 is 9.88 Å². The van der Waals surface area contributed by atoms with Crippen LogP contribution < -0.4 is 0 Å². The lowest BCUT2D eigenvalue weighted by Crippen LogP contribution is -2.48. The summed E-state index contributed by atoms with van der Waals surface area (Å²) in [6.45, 7) is 6.22. The number of H-pyrrole nitrogens is 1. The predicted octanol–water partition coefficient (Wildman–Crippen LogP) is 4.09. The highest BCUT2D eigenvalue weighted by Crippen LogP contribution is 2.19. The Bertz CT molecular complexity index is 924. The van der Waals surface area contributed by atoms with Crippen molar-refractivity contribution >= 4 is 28.4 Å². The van der Waals surface area contributed by atoms with Crippen LogP contribution in [0.5, 0.6) is 0 Å². The predicted molar refractivity (Wildman–Crippen MR) is 106 cm³/mol. The van der Waals surface area contributed by atoms with Crippen LogP contribution in [0.4, 0.5) is 0 Å². The van der Waals surface area contributed by atoms with E-state index in [2.05, 4.69) is 41.1 Å². The molecule has 3 aromatic rings. The maximum absolute atomic E-state index is 12.8. The van der Waals surface area contributed by atoms with Crippen molar-refractivity contribution in [3.05, 3.63) is 70.4 Å². The monoisotopic (exact) mass is 367 g/mol. The van der Waals surface area contributed by atoms with Crippen LogP contribution in [0.25, 0.3) is 10.9 Å². The lowest BCUT2D eigenvalue weighted by molar-refractivity contribution is 0.0623. The maximum atomic E-state index is 12.8. The van der Waals surface area contributed by atoms with Crippen molar-refractivity contribution in [1.29, 1.82) is 0 Å². The van der Waals surface area contributed by atoms with Gasteiger partial charge in [-0.3, -0.25) is 9.69 Å². The summed E-state index contributed by atoms with van der Waals surface area (Å²) >= 11 is 5.94. The average Bonchev–Trinajstić information content (AvgIpc) is 3.07. The van der Waals surface area contributed by atoms with Gasteiger partial charge in [-0.1, -0.05) is 35.4 Å². The number of hydrogen-bond donors (Lipinski definition) is 1. The average molecular weight is 368 g/mol. The highest BCUT2D eigenvalue weighted by Gasteiger charge is 2.23. The van der Waals surface area contributed by atoms with Gasteiger partial charge in [-0.15, -0.1) is 0 Å². The van der Waals surface area contributed by atoms with Gasteiger partial charge in [-0.25, -0.2) is 0 Å². The zero-order chi connectivity index (χ0) is 18.1. The molecule has 1 aliphatic rings. The summed E-state index contributed by atoms with van der Waals surface area (Å²) in [5.41, 5.74) is 4.14. The minimum Gasteiger partial charge on any atom is -0.351 e. The SMILES string of the molecule is Cc1ccc2[nH]c(C(=O)N3CCN(Cc4ccc(Cl)cc4)CC3)cc2c1.